The second kappa shape index (κ2) is 3.29. The second-order valence-electron chi connectivity index (χ2n) is 2.49. The standard InChI is InChI=1S/C8H11N/c9-7-6-8-4-2-1-3-5-8/h6H,1-5H2/p+1. The van der Waals surface area contributed by atoms with E-state index in [1.165, 1.54) is 24.8 Å². The molecule has 0 heterocycles. The topological polar surface area (TPSA) is 23.8 Å². The lowest BCUT2D eigenvalue weighted by Gasteiger charge is -2.10. The van der Waals surface area contributed by atoms with Gasteiger partial charge in [0.15, 0.2) is 0 Å². The summed E-state index contributed by atoms with van der Waals surface area (Å²) >= 11 is 0. The van der Waals surface area contributed by atoms with E-state index < -0.39 is 0 Å². The fourth-order valence-corrected chi connectivity index (χ4v) is 1.24. The zero-order chi connectivity index (χ0) is 6.53. The zero-order valence-corrected chi connectivity index (χ0v) is 5.56. The number of hydrogen-bond donors (Lipinski definition) is 0. The van der Waals surface area contributed by atoms with Gasteiger partial charge in [0.2, 0.25) is 0 Å². The highest BCUT2D eigenvalue weighted by atomic mass is 14.2. The molecule has 48 valence electrons. The van der Waals surface area contributed by atoms with Gasteiger partial charge >= 0.3 is 1.43 Å². The normalized spacial score (nSPS) is 18.8. The van der Waals surface area contributed by atoms with Crippen LogP contribution in [-0.4, -0.2) is 0 Å². The summed E-state index contributed by atoms with van der Waals surface area (Å²) in [7, 11) is 0. The van der Waals surface area contributed by atoms with Gasteiger partial charge in [-0.2, -0.15) is 5.26 Å². The molecule has 0 aromatic rings. The molecule has 0 aliphatic heterocycles. The van der Waals surface area contributed by atoms with Crippen molar-refractivity contribution in [3.05, 3.63) is 11.6 Å². The monoisotopic (exact) mass is 122 g/mol. The lowest BCUT2D eigenvalue weighted by atomic mass is 9.95. The summed E-state index contributed by atoms with van der Waals surface area (Å²) in [6, 6.07) is 2.08. The molecule has 1 aliphatic rings. The fourth-order valence-electron chi connectivity index (χ4n) is 1.24. The van der Waals surface area contributed by atoms with E-state index in [4.69, 9.17) is 5.26 Å². The molecule has 1 saturated carbocycles. The van der Waals surface area contributed by atoms with Crippen molar-refractivity contribution >= 4 is 0 Å². The van der Waals surface area contributed by atoms with Crippen LogP contribution in [0.4, 0.5) is 0 Å². The average molecular weight is 122 g/mol. The molecule has 0 amide bonds. The quantitative estimate of drug-likeness (QED) is 0.453. The Bertz CT molecular complexity index is 147. The summed E-state index contributed by atoms with van der Waals surface area (Å²) in [5.74, 6) is 0. The molecule has 1 heteroatoms. The molecule has 1 rings (SSSR count). The van der Waals surface area contributed by atoms with Gasteiger partial charge in [0.05, 0.1) is 6.07 Å². The van der Waals surface area contributed by atoms with Gasteiger partial charge in [-0.25, -0.2) is 0 Å². The minimum absolute atomic E-state index is 0. The Balaban J connectivity index is 0.000000810. The van der Waals surface area contributed by atoms with Crippen molar-refractivity contribution in [2.24, 2.45) is 0 Å². The minimum Gasteiger partial charge on any atom is -0.193 e. The number of rotatable bonds is 0. The van der Waals surface area contributed by atoms with Crippen LogP contribution in [0.3, 0.4) is 0 Å². The van der Waals surface area contributed by atoms with Gasteiger partial charge in [0.1, 0.15) is 0 Å². The van der Waals surface area contributed by atoms with Gasteiger partial charge in [-0.15, -0.1) is 0 Å². The van der Waals surface area contributed by atoms with E-state index in [9.17, 15) is 0 Å². The average Bonchev–Trinajstić information content (AvgIpc) is 1.91. The van der Waals surface area contributed by atoms with Crippen molar-refractivity contribution in [2.75, 3.05) is 0 Å². The summed E-state index contributed by atoms with van der Waals surface area (Å²) in [6.45, 7) is 0. The predicted molar refractivity (Wildman–Crippen MR) is 37.9 cm³/mol. The molecule has 0 unspecified atom stereocenters. The maximum Gasteiger partial charge on any atom is 1.00 e. The van der Waals surface area contributed by atoms with Gasteiger partial charge in [0, 0.05) is 6.08 Å². The molecular formula is C8H12N+. The third kappa shape index (κ3) is 1.89. The van der Waals surface area contributed by atoms with Crippen LogP contribution in [-0.2, 0) is 0 Å². The van der Waals surface area contributed by atoms with Crippen LogP contribution >= 0.6 is 0 Å². The molecule has 0 N–H and O–H groups in total. The van der Waals surface area contributed by atoms with Gasteiger partial charge in [0.25, 0.3) is 0 Å². The molecule has 0 atom stereocenters. The maximum absolute atomic E-state index is 8.29. The Morgan fingerprint density at radius 2 is 2.00 bits per heavy atom. The van der Waals surface area contributed by atoms with E-state index in [0.29, 0.717) is 0 Å². The van der Waals surface area contributed by atoms with Crippen LogP contribution in [0.5, 0.6) is 0 Å². The molecule has 1 fully saturated rings. The van der Waals surface area contributed by atoms with Crippen molar-refractivity contribution in [3.63, 3.8) is 0 Å². The Morgan fingerprint density at radius 3 is 2.56 bits per heavy atom. The van der Waals surface area contributed by atoms with Crippen molar-refractivity contribution in [1.29, 1.82) is 5.26 Å². The van der Waals surface area contributed by atoms with Crippen molar-refractivity contribution in [2.45, 2.75) is 32.1 Å². The fraction of sp³-hybridized carbons (Fsp3) is 0.625. The van der Waals surface area contributed by atoms with E-state index >= 15 is 0 Å². The van der Waals surface area contributed by atoms with Crippen LogP contribution < -0.4 is 0 Å². The SMILES string of the molecule is N#CC=C1CCCCC1.[H+]. The van der Waals surface area contributed by atoms with Crippen molar-refractivity contribution in [3.8, 4) is 6.07 Å². The second-order valence-corrected chi connectivity index (χ2v) is 2.49. The van der Waals surface area contributed by atoms with Gasteiger partial charge in [-0.3, -0.25) is 0 Å². The van der Waals surface area contributed by atoms with Gasteiger partial charge < -0.3 is 0 Å². The zero-order valence-electron chi connectivity index (χ0n) is 6.56. The molecule has 0 aromatic heterocycles. The van der Waals surface area contributed by atoms with E-state index in [2.05, 4.69) is 6.07 Å². The van der Waals surface area contributed by atoms with Crippen LogP contribution in [0.2, 0.25) is 0 Å². The molecule has 0 saturated heterocycles. The number of allylic oxidation sites excluding steroid dienone is 2. The van der Waals surface area contributed by atoms with Crippen molar-refractivity contribution in [1.82, 2.24) is 0 Å². The number of hydrogen-bond acceptors (Lipinski definition) is 1. The predicted octanol–water partition coefficient (Wildman–Crippen LogP) is 2.51. The van der Waals surface area contributed by atoms with E-state index in [1.54, 1.807) is 6.08 Å². The Labute approximate surface area is 57.5 Å². The first kappa shape index (κ1) is 6.35. The van der Waals surface area contributed by atoms with Crippen LogP contribution in [0.25, 0.3) is 0 Å². The molecule has 0 bridgehead atoms. The third-order valence-corrected chi connectivity index (χ3v) is 1.76. The summed E-state index contributed by atoms with van der Waals surface area (Å²) in [5, 5.41) is 8.29. The summed E-state index contributed by atoms with van der Waals surface area (Å²) in [4.78, 5) is 0. The first-order valence-corrected chi connectivity index (χ1v) is 3.51. The molecule has 1 nitrogen and oxygen atoms in total. The summed E-state index contributed by atoms with van der Waals surface area (Å²) in [6.07, 6.45) is 7.95. The lowest BCUT2D eigenvalue weighted by molar-refractivity contribution is 0.599. The molecule has 9 heavy (non-hydrogen) atoms. The molecule has 0 aromatic carbocycles. The maximum atomic E-state index is 8.29. The summed E-state index contributed by atoms with van der Waals surface area (Å²) < 4.78 is 0. The van der Waals surface area contributed by atoms with E-state index in [0.717, 1.165) is 12.8 Å². The first-order chi connectivity index (χ1) is 4.43. The van der Waals surface area contributed by atoms with Crippen LogP contribution in [0, 0.1) is 11.3 Å². The molecule has 1 aliphatic carbocycles. The van der Waals surface area contributed by atoms with Gasteiger partial charge in [-0.1, -0.05) is 12.0 Å². The Morgan fingerprint density at radius 1 is 1.33 bits per heavy atom. The lowest BCUT2D eigenvalue weighted by Crippen LogP contribution is -1.92. The highest BCUT2D eigenvalue weighted by molar-refractivity contribution is 5.14. The number of nitriles is 1. The molecule has 0 radical (unpaired) electrons. The minimum atomic E-state index is 0. The summed E-state index contributed by atoms with van der Waals surface area (Å²) in [5.41, 5.74) is 1.35. The van der Waals surface area contributed by atoms with Crippen LogP contribution in [0.1, 0.15) is 33.5 Å². The molecular weight excluding hydrogens is 110 g/mol. The van der Waals surface area contributed by atoms with Gasteiger partial charge in [-0.05, 0) is 25.7 Å². The van der Waals surface area contributed by atoms with Crippen LogP contribution in [0.15, 0.2) is 11.6 Å². The highest BCUT2D eigenvalue weighted by Crippen LogP contribution is 2.21. The molecule has 0 spiro atoms. The number of nitrogens with zero attached hydrogens (tertiary/aromatic N) is 1. The first-order valence-electron chi connectivity index (χ1n) is 3.51. The third-order valence-electron chi connectivity index (χ3n) is 1.76. The highest BCUT2D eigenvalue weighted by Gasteiger charge is 2.03. The Hall–Kier alpha value is -0.770. The smallest absolute Gasteiger partial charge is 0.193 e. The Kier molecular flexibility index (Phi) is 2.32. The van der Waals surface area contributed by atoms with E-state index in [1.807, 2.05) is 0 Å². The van der Waals surface area contributed by atoms with E-state index in [-0.39, 0.29) is 1.43 Å². The largest absolute Gasteiger partial charge is 1.00 e. The van der Waals surface area contributed by atoms with Crippen molar-refractivity contribution < 1.29 is 1.43 Å².